The van der Waals surface area contributed by atoms with Crippen LogP contribution in [0.25, 0.3) is 0 Å². The van der Waals surface area contributed by atoms with Crippen LogP contribution in [0.2, 0.25) is 0 Å². The number of halogens is 3. The van der Waals surface area contributed by atoms with Gasteiger partial charge in [-0.3, -0.25) is 14.3 Å². The third kappa shape index (κ3) is 4.29. The summed E-state index contributed by atoms with van der Waals surface area (Å²) in [7, 11) is 0. The molecular formula is C23H18F3N3O. The molecule has 0 saturated heterocycles. The third-order valence-corrected chi connectivity index (χ3v) is 4.97. The monoisotopic (exact) mass is 409 g/mol. The predicted octanol–water partition coefficient (Wildman–Crippen LogP) is 3.12. The number of nitrogens with zero attached hydrogens (tertiary/aromatic N) is 3. The van der Waals surface area contributed by atoms with Gasteiger partial charge in [-0.25, -0.2) is 18.2 Å². The summed E-state index contributed by atoms with van der Waals surface area (Å²) < 4.78 is 41.4. The van der Waals surface area contributed by atoms with Crippen LogP contribution >= 0.6 is 0 Å². The molecule has 0 radical (unpaired) electrons. The fourth-order valence-electron chi connectivity index (χ4n) is 3.43. The molecule has 4 rings (SSSR count). The highest BCUT2D eigenvalue weighted by Gasteiger charge is 2.21. The summed E-state index contributed by atoms with van der Waals surface area (Å²) in [6.45, 7) is 1.55. The van der Waals surface area contributed by atoms with E-state index in [9.17, 15) is 18.0 Å². The average Bonchev–Trinajstić information content (AvgIpc) is 2.75. The Morgan fingerprint density at radius 3 is 2.53 bits per heavy atom. The first-order valence-electron chi connectivity index (χ1n) is 9.48. The van der Waals surface area contributed by atoms with Crippen molar-refractivity contribution in [3.05, 3.63) is 99.0 Å². The Balaban J connectivity index is 1.52. The fourth-order valence-corrected chi connectivity index (χ4v) is 3.43. The van der Waals surface area contributed by atoms with Crippen LogP contribution in [0.4, 0.5) is 13.2 Å². The van der Waals surface area contributed by atoms with Crippen molar-refractivity contribution < 1.29 is 13.2 Å². The molecule has 0 spiro atoms. The van der Waals surface area contributed by atoms with Crippen LogP contribution < -0.4 is 5.56 Å². The van der Waals surface area contributed by atoms with Gasteiger partial charge < -0.3 is 0 Å². The Kier molecular flexibility index (Phi) is 5.68. The van der Waals surface area contributed by atoms with E-state index in [-0.39, 0.29) is 17.7 Å². The van der Waals surface area contributed by atoms with Gasteiger partial charge in [0.05, 0.1) is 30.7 Å². The maximum atomic E-state index is 13.5. The maximum Gasteiger partial charge on any atom is 0.258 e. The number of fused-ring (bicyclic) bond motifs is 1. The van der Waals surface area contributed by atoms with Crippen molar-refractivity contribution in [1.29, 1.82) is 0 Å². The quantitative estimate of drug-likeness (QED) is 0.493. The molecule has 1 aliphatic rings. The number of hydrogen-bond acceptors (Lipinski definition) is 3. The summed E-state index contributed by atoms with van der Waals surface area (Å²) >= 11 is 0. The SMILES string of the molecule is O=c1c2c(ncn1Cc1cc(F)c(F)c(F)c1)CCN(CC#Cc1ccccc1)C2. The molecule has 152 valence electrons. The molecule has 0 fully saturated rings. The molecule has 2 aromatic carbocycles. The highest BCUT2D eigenvalue weighted by atomic mass is 19.2. The van der Waals surface area contributed by atoms with Crippen LogP contribution in [-0.2, 0) is 19.5 Å². The Labute approximate surface area is 171 Å². The summed E-state index contributed by atoms with van der Waals surface area (Å²) in [5.41, 5.74) is 2.08. The van der Waals surface area contributed by atoms with Gasteiger partial charge in [-0.05, 0) is 29.8 Å². The minimum absolute atomic E-state index is 0.0962. The zero-order valence-corrected chi connectivity index (χ0v) is 16.0. The largest absolute Gasteiger partial charge is 0.294 e. The number of benzene rings is 2. The average molecular weight is 409 g/mol. The standard InChI is InChI=1S/C23H18F3N3O/c24-19-11-17(12-20(25)22(19)26)13-29-15-27-21-8-10-28(14-18(21)23(29)30)9-4-7-16-5-2-1-3-6-16/h1-3,5-6,11-12,15H,8-10,13-14H2. The Bertz CT molecular complexity index is 1170. The Morgan fingerprint density at radius 1 is 1.07 bits per heavy atom. The van der Waals surface area contributed by atoms with Crippen molar-refractivity contribution in [2.24, 2.45) is 0 Å². The lowest BCUT2D eigenvalue weighted by Crippen LogP contribution is -2.38. The number of hydrogen-bond donors (Lipinski definition) is 0. The van der Waals surface area contributed by atoms with E-state index in [0.29, 0.717) is 25.1 Å². The highest BCUT2D eigenvalue weighted by Crippen LogP contribution is 2.16. The molecule has 30 heavy (non-hydrogen) atoms. The van der Waals surface area contributed by atoms with Gasteiger partial charge in [-0.2, -0.15) is 0 Å². The lowest BCUT2D eigenvalue weighted by atomic mass is 10.1. The molecule has 1 aromatic heterocycles. The molecule has 0 saturated carbocycles. The van der Waals surface area contributed by atoms with Crippen LogP contribution in [0.1, 0.15) is 22.4 Å². The summed E-state index contributed by atoms with van der Waals surface area (Å²) in [5.74, 6) is 2.12. The first kappa shape index (κ1) is 19.9. The first-order valence-corrected chi connectivity index (χ1v) is 9.48. The van der Waals surface area contributed by atoms with E-state index in [1.165, 1.54) is 10.9 Å². The first-order chi connectivity index (χ1) is 14.5. The van der Waals surface area contributed by atoms with Crippen molar-refractivity contribution in [3.8, 4) is 11.8 Å². The number of aromatic nitrogens is 2. The van der Waals surface area contributed by atoms with Gasteiger partial charge in [0.2, 0.25) is 0 Å². The van der Waals surface area contributed by atoms with Crippen molar-refractivity contribution in [3.63, 3.8) is 0 Å². The van der Waals surface area contributed by atoms with Crippen LogP contribution in [0.3, 0.4) is 0 Å². The van der Waals surface area contributed by atoms with E-state index in [4.69, 9.17) is 0 Å². The number of rotatable bonds is 3. The maximum absolute atomic E-state index is 13.5. The summed E-state index contributed by atoms with van der Waals surface area (Å²) in [4.78, 5) is 19.3. The second-order valence-electron chi connectivity index (χ2n) is 7.10. The van der Waals surface area contributed by atoms with Crippen LogP contribution in [-0.4, -0.2) is 27.5 Å². The molecule has 4 nitrogen and oxygen atoms in total. The predicted molar refractivity (Wildman–Crippen MR) is 106 cm³/mol. The fraction of sp³-hybridized carbons (Fsp3) is 0.217. The van der Waals surface area contributed by atoms with Gasteiger partial charge >= 0.3 is 0 Å². The molecule has 0 bridgehead atoms. The second-order valence-corrected chi connectivity index (χ2v) is 7.10. The molecule has 0 atom stereocenters. The summed E-state index contributed by atoms with van der Waals surface area (Å²) in [6, 6.07) is 11.4. The molecule has 1 aliphatic heterocycles. The topological polar surface area (TPSA) is 38.1 Å². The lowest BCUT2D eigenvalue weighted by Gasteiger charge is -2.26. The van der Waals surface area contributed by atoms with Crippen molar-refractivity contribution in [2.75, 3.05) is 13.1 Å². The molecule has 3 aromatic rings. The van der Waals surface area contributed by atoms with Crippen molar-refractivity contribution in [2.45, 2.75) is 19.5 Å². The molecule has 0 unspecified atom stereocenters. The lowest BCUT2D eigenvalue weighted by molar-refractivity contribution is 0.280. The summed E-state index contributed by atoms with van der Waals surface area (Å²) in [5, 5.41) is 0. The van der Waals surface area contributed by atoms with E-state index in [2.05, 4.69) is 21.7 Å². The minimum atomic E-state index is -1.53. The second kappa shape index (κ2) is 8.56. The van der Waals surface area contributed by atoms with Gasteiger partial charge in [0.15, 0.2) is 17.5 Å². The van der Waals surface area contributed by atoms with Gasteiger partial charge in [0, 0.05) is 25.1 Å². The van der Waals surface area contributed by atoms with Crippen LogP contribution in [0, 0.1) is 29.3 Å². The van der Waals surface area contributed by atoms with E-state index in [1.54, 1.807) is 0 Å². The molecule has 7 heteroatoms. The van der Waals surface area contributed by atoms with E-state index in [1.807, 2.05) is 30.3 Å². The van der Waals surface area contributed by atoms with Crippen molar-refractivity contribution >= 4 is 0 Å². The van der Waals surface area contributed by atoms with Gasteiger partial charge in [0.25, 0.3) is 5.56 Å². The Hall–Kier alpha value is -3.37. The molecule has 0 N–H and O–H groups in total. The van der Waals surface area contributed by atoms with Crippen LogP contribution in [0.5, 0.6) is 0 Å². The zero-order valence-electron chi connectivity index (χ0n) is 16.0. The molecule has 0 aliphatic carbocycles. The molecule has 2 heterocycles. The zero-order chi connectivity index (χ0) is 21.1. The van der Waals surface area contributed by atoms with Crippen LogP contribution in [0.15, 0.2) is 53.6 Å². The van der Waals surface area contributed by atoms with Gasteiger partial charge in [-0.1, -0.05) is 30.0 Å². The van der Waals surface area contributed by atoms with E-state index in [0.717, 1.165) is 29.9 Å². The van der Waals surface area contributed by atoms with Crippen molar-refractivity contribution in [1.82, 2.24) is 14.5 Å². The van der Waals surface area contributed by atoms with E-state index >= 15 is 0 Å². The van der Waals surface area contributed by atoms with Gasteiger partial charge in [0.1, 0.15) is 0 Å². The minimum Gasteiger partial charge on any atom is -0.294 e. The normalized spacial score (nSPS) is 13.4. The highest BCUT2D eigenvalue weighted by molar-refractivity contribution is 5.34. The third-order valence-electron chi connectivity index (χ3n) is 4.97. The smallest absolute Gasteiger partial charge is 0.258 e. The molecule has 0 amide bonds. The van der Waals surface area contributed by atoms with E-state index < -0.39 is 17.5 Å². The summed E-state index contributed by atoms with van der Waals surface area (Å²) in [6.07, 6.45) is 1.99. The Morgan fingerprint density at radius 2 is 1.80 bits per heavy atom. The molecular weight excluding hydrogens is 391 g/mol. The van der Waals surface area contributed by atoms with Gasteiger partial charge in [-0.15, -0.1) is 0 Å².